The monoisotopic (exact) mass is 300 g/mol. The van der Waals surface area contributed by atoms with Crippen molar-refractivity contribution in [3.8, 4) is 5.69 Å². The third kappa shape index (κ3) is 3.41. The van der Waals surface area contributed by atoms with Crippen LogP contribution in [0.4, 0.5) is 10.5 Å². The molecule has 1 saturated carbocycles. The first-order valence-electron chi connectivity index (χ1n) is 7.63. The van der Waals surface area contributed by atoms with Gasteiger partial charge in [-0.2, -0.15) is 0 Å². The topological polar surface area (TPSA) is 84.7 Å². The van der Waals surface area contributed by atoms with Crippen LogP contribution < -0.4 is 10.6 Å². The van der Waals surface area contributed by atoms with Crippen LogP contribution in [-0.4, -0.2) is 32.3 Å². The molecule has 2 aromatic rings. The van der Waals surface area contributed by atoms with Crippen molar-refractivity contribution in [2.24, 2.45) is 5.92 Å². The van der Waals surface area contributed by atoms with E-state index in [1.54, 1.807) is 4.68 Å². The molecule has 0 spiro atoms. The number of amides is 2. The van der Waals surface area contributed by atoms with Gasteiger partial charge in [-0.1, -0.05) is 19.8 Å². The standard InChI is InChI=1S/C15H20N6O/c1-11-4-2-3-5-14(11)18-15(22)17-12-6-8-13(9-7-12)21-10-16-19-20-21/h6-11,14H,2-5H2,1H3,(H2,17,18,22)/t11-,14-/m0/s1. The Morgan fingerprint density at radius 1 is 1.23 bits per heavy atom. The third-order valence-corrected chi connectivity index (χ3v) is 4.17. The second-order valence-corrected chi connectivity index (χ2v) is 5.77. The van der Waals surface area contributed by atoms with Gasteiger partial charge in [-0.3, -0.25) is 0 Å². The van der Waals surface area contributed by atoms with Crippen LogP contribution in [-0.2, 0) is 0 Å². The van der Waals surface area contributed by atoms with Gasteiger partial charge in [0, 0.05) is 11.7 Å². The van der Waals surface area contributed by atoms with Gasteiger partial charge < -0.3 is 10.6 Å². The highest BCUT2D eigenvalue weighted by atomic mass is 16.2. The van der Waals surface area contributed by atoms with Crippen LogP contribution in [0.15, 0.2) is 30.6 Å². The summed E-state index contributed by atoms with van der Waals surface area (Å²) in [5.41, 5.74) is 1.59. The Balaban J connectivity index is 1.57. The summed E-state index contributed by atoms with van der Waals surface area (Å²) in [4.78, 5) is 12.1. The highest BCUT2D eigenvalue weighted by Gasteiger charge is 2.22. The van der Waals surface area contributed by atoms with E-state index in [-0.39, 0.29) is 12.1 Å². The van der Waals surface area contributed by atoms with Crippen LogP contribution in [0.3, 0.4) is 0 Å². The zero-order chi connectivity index (χ0) is 15.4. The molecule has 0 saturated heterocycles. The van der Waals surface area contributed by atoms with Gasteiger partial charge in [0.1, 0.15) is 6.33 Å². The van der Waals surface area contributed by atoms with Gasteiger partial charge in [-0.15, -0.1) is 5.10 Å². The Morgan fingerprint density at radius 3 is 2.68 bits per heavy atom. The summed E-state index contributed by atoms with van der Waals surface area (Å²) in [7, 11) is 0. The first kappa shape index (κ1) is 14.5. The van der Waals surface area contributed by atoms with Gasteiger partial charge in [-0.05, 0) is 53.5 Å². The molecule has 0 radical (unpaired) electrons. The van der Waals surface area contributed by atoms with Gasteiger partial charge in [0.15, 0.2) is 0 Å². The normalized spacial score (nSPS) is 21.3. The van der Waals surface area contributed by atoms with Crippen molar-refractivity contribution < 1.29 is 4.79 Å². The van der Waals surface area contributed by atoms with Gasteiger partial charge in [0.05, 0.1) is 5.69 Å². The number of hydrogen-bond acceptors (Lipinski definition) is 4. The van der Waals surface area contributed by atoms with E-state index in [1.165, 1.54) is 25.6 Å². The maximum atomic E-state index is 12.1. The lowest BCUT2D eigenvalue weighted by atomic mass is 9.86. The highest BCUT2D eigenvalue weighted by Crippen LogP contribution is 2.23. The van der Waals surface area contributed by atoms with Gasteiger partial charge in [0.25, 0.3) is 0 Å². The lowest BCUT2D eigenvalue weighted by molar-refractivity contribution is 0.232. The van der Waals surface area contributed by atoms with Gasteiger partial charge in [0.2, 0.25) is 0 Å². The minimum Gasteiger partial charge on any atom is -0.335 e. The molecule has 1 aromatic carbocycles. The zero-order valence-corrected chi connectivity index (χ0v) is 12.6. The quantitative estimate of drug-likeness (QED) is 0.911. The summed E-state index contributed by atoms with van der Waals surface area (Å²) >= 11 is 0. The molecule has 0 bridgehead atoms. The lowest BCUT2D eigenvalue weighted by Crippen LogP contribution is -2.43. The number of nitrogens with one attached hydrogen (secondary N) is 2. The fraction of sp³-hybridized carbons (Fsp3) is 0.467. The second kappa shape index (κ2) is 6.55. The maximum absolute atomic E-state index is 12.1. The lowest BCUT2D eigenvalue weighted by Gasteiger charge is -2.29. The average Bonchev–Trinajstić information content (AvgIpc) is 3.05. The molecule has 1 aromatic heterocycles. The van der Waals surface area contributed by atoms with Crippen LogP contribution in [0, 0.1) is 5.92 Å². The van der Waals surface area contributed by atoms with E-state index >= 15 is 0 Å². The Labute approximate surface area is 129 Å². The second-order valence-electron chi connectivity index (χ2n) is 5.77. The SMILES string of the molecule is C[C@H]1CCCC[C@@H]1NC(=O)Nc1ccc(-n2cnnn2)cc1. The summed E-state index contributed by atoms with van der Waals surface area (Å²) in [6.07, 6.45) is 6.23. The van der Waals surface area contributed by atoms with E-state index in [9.17, 15) is 4.79 Å². The fourth-order valence-electron chi connectivity index (χ4n) is 2.84. The van der Waals surface area contributed by atoms with Crippen molar-refractivity contribution in [3.05, 3.63) is 30.6 Å². The Bertz CT molecular complexity index is 609. The van der Waals surface area contributed by atoms with Crippen molar-refractivity contribution in [1.29, 1.82) is 0 Å². The molecule has 2 amide bonds. The van der Waals surface area contributed by atoms with Gasteiger partial charge >= 0.3 is 6.03 Å². The number of benzene rings is 1. The van der Waals surface area contributed by atoms with E-state index in [0.717, 1.165) is 17.8 Å². The number of anilines is 1. The molecule has 2 N–H and O–H groups in total. The molecular formula is C15H20N6O. The van der Waals surface area contributed by atoms with Gasteiger partial charge in [-0.25, -0.2) is 9.48 Å². The molecule has 1 aliphatic rings. The van der Waals surface area contributed by atoms with Crippen LogP contribution in [0.5, 0.6) is 0 Å². The first-order chi connectivity index (χ1) is 10.7. The maximum Gasteiger partial charge on any atom is 0.319 e. The molecule has 7 nitrogen and oxygen atoms in total. The Morgan fingerprint density at radius 2 is 2.00 bits per heavy atom. The number of hydrogen-bond donors (Lipinski definition) is 2. The van der Waals surface area contributed by atoms with E-state index in [2.05, 4.69) is 33.1 Å². The van der Waals surface area contributed by atoms with Crippen LogP contribution >= 0.6 is 0 Å². The Kier molecular flexibility index (Phi) is 4.32. The number of nitrogens with zero attached hydrogens (tertiary/aromatic N) is 4. The fourth-order valence-corrected chi connectivity index (χ4v) is 2.84. The number of carbonyl (C=O) groups excluding carboxylic acids is 1. The molecule has 1 aliphatic carbocycles. The van der Waals surface area contributed by atoms with Crippen molar-refractivity contribution in [1.82, 2.24) is 25.5 Å². The van der Waals surface area contributed by atoms with Crippen LogP contribution in [0.2, 0.25) is 0 Å². The van der Waals surface area contributed by atoms with Crippen molar-refractivity contribution in [3.63, 3.8) is 0 Å². The molecule has 7 heteroatoms. The summed E-state index contributed by atoms with van der Waals surface area (Å²) in [6.45, 7) is 2.20. The van der Waals surface area contributed by atoms with Crippen molar-refractivity contribution in [2.75, 3.05) is 5.32 Å². The van der Waals surface area contributed by atoms with Crippen molar-refractivity contribution >= 4 is 11.7 Å². The predicted molar refractivity (Wildman–Crippen MR) is 82.7 cm³/mol. The van der Waals surface area contributed by atoms with E-state index in [1.807, 2.05) is 24.3 Å². The smallest absolute Gasteiger partial charge is 0.319 e. The van der Waals surface area contributed by atoms with E-state index in [0.29, 0.717) is 5.92 Å². The number of tetrazole rings is 1. The minimum atomic E-state index is -0.145. The van der Waals surface area contributed by atoms with Crippen LogP contribution in [0.25, 0.3) is 5.69 Å². The molecule has 3 rings (SSSR count). The third-order valence-electron chi connectivity index (χ3n) is 4.17. The first-order valence-corrected chi connectivity index (χ1v) is 7.63. The zero-order valence-electron chi connectivity index (χ0n) is 12.6. The summed E-state index contributed by atoms with van der Waals surface area (Å²) in [5.74, 6) is 0.543. The predicted octanol–water partition coefficient (Wildman–Crippen LogP) is 2.36. The molecule has 0 aliphatic heterocycles. The van der Waals surface area contributed by atoms with E-state index < -0.39 is 0 Å². The number of rotatable bonds is 3. The molecule has 116 valence electrons. The Hall–Kier alpha value is -2.44. The molecule has 1 fully saturated rings. The summed E-state index contributed by atoms with van der Waals surface area (Å²) in [6, 6.07) is 7.51. The van der Waals surface area contributed by atoms with E-state index in [4.69, 9.17) is 0 Å². The molecule has 1 heterocycles. The highest BCUT2D eigenvalue weighted by molar-refractivity contribution is 5.89. The molecule has 0 unspecified atom stereocenters. The minimum absolute atomic E-state index is 0.145. The molecular weight excluding hydrogens is 280 g/mol. The number of carbonyl (C=O) groups is 1. The summed E-state index contributed by atoms with van der Waals surface area (Å²) < 4.78 is 1.56. The molecule has 2 atom stereocenters. The molecule has 22 heavy (non-hydrogen) atoms. The number of urea groups is 1. The number of aromatic nitrogens is 4. The van der Waals surface area contributed by atoms with Crippen LogP contribution in [0.1, 0.15) is 32.6 Å². The largest absolute Gasteiger partial charge is 0.335 e. The van der Waals surface area contributed by atoms with Crippen molar-refractivity contribution in [2.45, 2.75) is 38.6 Å². The summed E-state index contributed by atoms with van der Waals surface area (Å²) in [5, 5.41) is 16.9. The average molecular weight is 300 g/mol.